The number of aliphatic hydroxyl groups is 1. The highest BCUT2D eigenvalue weighted by atomic mass is 16.3. The zero-order valence-corrected chi connectivity index (χ0v) is 8.83. The second kappa shape index (κ2) is 4.26. The van der Waals surface area contributed by atoms with Crippen LogP contribution in [0.25, 0.3) is 0 Å². The van der Waals surface area contributed by atoms with Crippen LogP contribution >= 0.6 is 0 Å². The van der Waals surface area contributed by atoms with Crippen LogP contribution in [0.15, 0.2) is 18.3 Å². The lowest BCUT2D eigenvalue weighted by Crippen LogP contribution is -2.19. The molecular weight excluding hydrogens is 174 g/mol. The van der Waals surface area contributed by atoms with Gasteiger partial charge in [-0.25, -0.2) is 0 Å². The van der Waals surface area contributed by atoms with Crippen LogP contribution in [0.3, 0.4) is 0 Å². The number of hydrogen-bond donors (Lipinski definition) is 1. The number of nitrogens with zero attached hydrogens (tertiary/aromatic N) is 1. The summed E-state index contributed by atoms with van der Waals surface area (Å²) in [4.78, 5) is 4.12. The summed E-state index contributed by atoms with van der Waals surface area (Å²) in [6.45, 7) is 5.54. The molecule has 0 aliphatic carbocycles. The summed E-state index contributed by atoms with van der Waals surface area (Å²) in [7, 11) is 0. The van der Waals surface area contributed by atoms with Crippen molar-refractivity contribution in [2.75, 3.05) is 0 Å². The lowest BCUT2D eigenvalue weighted by molar-refractivity contribution is 0.118. The van der Waals surface area contributed by atoms with Crippen molar-refractivity contribution in [3.8, 4) is 11.8 Å². The molecule has 14 heavy (non-hydrogen) atoms. The number of aryl methyl sites for hydroxylation is 1. The molecule has 0 saturated heterocycles. The first-order valence-corrected chi connectivity index (χ1v) is 4.72. The SMILES string of the molecule is CC[C@@](C)(O)C#Cc1ccc(C)nc1. The minimum absolute atomic E-state index is 0.624. The van der Waals surface area contributed by atoms with E-state index in [1.807, 2.05) is 26.0 Å². The summed E-state index contributed by atoms with van der Waals surface area (Å²) in [6.07, 6.45) is 2.34. The van der Waals surface area contributed by atoms with E-state index in [0.717, 1.165) is 11.3 Å². The van der Waals surface area contributed by atoms with Crippen LogP contribution in [0.1, 0.15) is 31.5 Å². The second-order valence-corrected chi connectivity index (χ2v) is 3.57. The van der Waals surface area contributed by atoms with Crippen LogP contribution in [0.4, 0.5) is 0 Å². The smallest absolute Gasteiger partial charge is 0.122 e. The third kappa shape index (κ3) is 3.20. The monoisotopic (exact) mass is 189 g/mol. The summed E-state index contributed by atoms with van der Waals surface area (Å²) in [6, 6.07) is 3.81. The van der Waals surface area contributed by atoms with Crippen LogP contribution in [0.2, 0.25) is 0 Å². The summed E-state index contributed by atoms with van der Waals surface area (Å²) in [5.41, 5.74) is 0.910. The fourth-order valence-corrected chi connectivity index (χ4v) is 0.837. The average molecular weight is 189 g/mol. The van der Waals surface area contributed by atoms with Gasteiger partial charge in [-0.15, -0.1) is 0 Å². The topological polar surface area (TPSA) is 33.1 Å². The summed E-state index contributed by atoms with van der Waals surface area (Å²) < 4.78 is 0. The first kappa shape index (κ1) is 10.7. The molecule has 0 saturated carbocycles. The largest absolute Gasteiger partial charge is 0.378 e. The molecule has 0 aliphatic rings. The zero-order chi connectivity index (χ0) is 10.6. The summed E-state index contributed by atoms with van der Waals surface area (Å²) >= 11 is 0. The quantitative estimate of drug-likeness (QED) is 0.684. The molecule has 1 N–H and O–H groups in total. The van der Waals surface area contributed by atoms with Gasteiger partial charge in [0, 0.05) is 17.5 Å². The van der Waals surface area contributed by atoms with Gasteiger partial charge in [-0.05, 0) is 32.4 Å². The first-order valence-electron chi connectivity index (χ1n) is 4.72. The molecule has 0 bridgehead atoms. The standard InChI is InChI=1S/C12H15NO/c1-4-12(3,14)8-7-11-6-5-10(2)13-9-11/h5-6,9,14H,4H2,1-3H3/t12-/m1/s1. The van der Waals surface area contributed by atoms with E-state index in [1.165, 1.54) is 0 Å². The molecule has 1 rings (SSSR count). The normalized spacial score (nSPS) is 14.0. The van der Waals surface area contributed by atoms with Crippen molar-refractivity contribution in [3.63, 3.8) is 0 Å². The zero-order valence-electron chi connectivity index (χ0n) is 8.83. The molecule has 0 aliphatic heterocycles. The van der Waals surface area contributed by atoms with E-state index in [-0.39, 0.29) is 0 Å². The molecule has 0 radical (unpaired) electrons. The summed E-state index contributed by atoms with van der Waals surface area (Å²) in [5.74, 6) is 5.71. The number of hydrogen-bond acceptors (Lipinski definition) is 2. The Kier molecular flexibility index (Phi) is 3.27. The Hall–Kier alpha value is -1.33. The lowest BCUT2D eigenvalue weighted by atomic mass is 10.0. The third-order valence-corrected chi connectivity index (χ3v) is 2.08. The highest BCUT2D eigenvalue weighted by Crippen LogP contribution is 2.06. The van der Waals surface area contributed by atoms with Crippen molar-refractivity contribution in [2.45, 2.75) is 32.8 Å². The Morgan fingerprint density at radius 2 is 2.21 bits per heavy atom. The van der Waals surface area contributed by atoms with Crippen molar-refractivity contribution in [2.24, 2.45) is 0 Å². The van der Waals surface area contributed by atoms with Gasteiger partial charge in [-0.1, -0.05) is 18.8 Å². The van der Waals surface area contributed by atoms with Crippen LogP contribution in [-0.4, -0.2) is 15.7 Å². The third-order valence-electron chi connectivity index (χ3n) is 2.08. The highest BCUT2D eigenvalue weighted by Gasteiger charge is 2.11. The molecular formula is C12H15NO. The molecule has 0 aromatic carbocycles. The Bertz CT molecular complexity index is 354. The van der Waals surface area contributed by atoms with Gasteiger partial charge in [0.05, 0.1) is 0 Å². The molecule has 1 aromatic rings. The van der Waals surface area contributed by atoms with Crippen molar-refractivity contribution in [3.05, 3.63) is 29.6 Å². The number of rotatable bonds is 1. The molecule has 0 unspecified atom stereocenters. The lowest BCUT2D eigenvalue weighted by Gasteiger charge is -2.11. The predicted molar refractivity (Wildman–Crippen MR) is 56.8 cm³/mol. The fourth-order valence-electron chi connectivity index (χ4n) is 0.837. The van der Waals surface area contributed by atoms with E-state index in [1.54, 1.807) is 13.1 Å². The van der Waals surface area contributed by atoms with Crippen molar-refractivity contribution >= 4 is 0 Å². The molecule has 2 nitrogen and oxygen atoms in total. The van der Waals surface area contributed by atoms with Crippen molar-refractivity contribution < 1.29 is 5.11 Å². The van der Waals surface area contributed by atoms with E-state index in [2.05, 4.69) is 16.8 Å². The van der Waals surface area contributed by atoms with Crippen molar-refractivity contribution in [1.29, 1.82) is 0 Å². The van der Waals surface area contributed by atoms with Gasteiger partial charge in [-0.3, -0.25) is 4.98 Å². The van der Waals surface area contributed by atoms with Gasteiger partial charge in [0.1, 0.15) is 5.60 Å². The number of aromatic nitrogens is 1. The molecule has 1 aromatic heterocycles. The Labute approximate surface area is 85.0 Å². The van der Waals surface area contributed by atoms with E-state index in [9.17, 15) is 5.11 Å². The van der Waals surface area contributed by atoms with Crippen molar-refractivity contribution in [1.82, 2.24) is 4.98 Å². The molecule has 0 amide bonds. The van der Waals surface area contributed by atoms with E-state index >= 15 is 0 Å². The number of pyridine rings is 1. The van der Waals surface area contributed by atoms with E-state index in [4.69, 9.17) is 0 Å². The molecule has 1 heterocycles. The van der Waals surface area contributed by atoms with Crippen LogP contribution in [0.5, 0.6) is 0 Å². The van der Waals surface area contributed by atoms with Gasteiger partial charge in [0.15, 0.2) is 0 Å². The van der Waals surface area contributed by atoms with Crippen LogP contribution in [0, 0.1) is 18.8 Å². The van der Waals surface area contributed by atoms with E-state index in [0.29, 0.717) is 6.42 Å². The molecule has 0 spiro atoms. The van der Waals surface area contributed by atoms with Crippen LogP contribution in [-0.2, 0) is 0 Å². The predicted octanol–water partition coefficient (Wildman–Crippen LogP) is 1.90. The van der Waals surface area contributed by atoms with Gasteiger partial charge in [-0.2, -0.15) is 0 Å². The average Bonchev–Trinajstić information content (AvgIpc) is 2.17. The summed E-state index contributed by atoms with van der Waals surface area (Å²) in [5, 5.41) is 9.65. The second-order valence-electron chi connectivity index (χ2n) is 3.57. The maximum Gasteiger partial charge on any atom is 0.122 e. The fraction of sp³-hybridized carbons (Fsp3) is 0.417. The Balaban J connectivity index is 2.83. The Morgan fingerprint density at radius 1 is 1.50 bits per heavy atom. The van der Waals surface area contributed by atoms with E-state index < -0.39 is 5.60 Å². The molecule has 0 fully saturated rings. The maximum absolute atomic E-state index is 9.65. The van der Waals surface area contributed by atoms with Gasteiger partial charge >= 0.3 is 0 Å². The van der Waals surface area contributed by atoms with Gasteiger partial charge < -0.3 is 5.11 Å². The minimum Gasteiger partial charge on any atom is -0.378 e. The Morgan fingerprint density at radius 3 is 2.71 bits per heavy atom. The maximum atomic E-state index is 9.65. The van der Waals surface area contributed by atoms with Gasteiger partial charge in [0.2, 0.25) is 0 Å². The highest BCUT2D eigenvalue weighted by molar-refractivity contribution is 5.34. The van der Waals surface area contributed by atoms with Gasteiger partial charge in [0.25, 0.3) is 0 Å². The molecule has 1 atom stereocenters. The molecule has 74 valence electrons. The first-order chi connectivity index (χ1) is 6.53. The minimum atomic E-state index is -0.898. The van der Waals surface area contributed by atoms with Crippen LogP contribution < -0.4 is 0 Å². The molecule has 2 heteroatoms.